The van der Waals surface area contributed by atoms with Crippen LogP contribution in [0.2, 0.25) is 5.02 Å². The van der Waals surface area contributed by atoms with Gasteiger partial charge in [0.15, 0.2) is 0 Å². The molecule has 3 fully saturated rings. The third-order valence-electron chi connectivity index (χ3n) is 12.1. The van der Waals surface area contributed by atoms with Crippen LogP contribution in [0.5, 0.6) is 11.5 Å². The molecule has 292 valence electrons. The SMILES string of the molecule is Cc1c(-c2cc(N3C(=O)C4CC5C(=CCC6C(=O)N(c7ccc(Br)cc7)C(=O)C65)C(c5cc(OC(F)(F)F)ccc5O)C4(C)C3=O)n(C)n2)sc2ccc(Cl)cc12. The number of phenols is 1. The maximum Gasteiger partial charge on any atom is 0.573 e. The first-order valence-corrected chi connectivity index (χ1v) is 20.0. The van der Waals surface area contributed by atoms with E-state index in [0.29, 0.717) is 22.0 Å². The summed E-state index contributed by atoms with van der Waals surface area (Å²) >= 11 is 11.1. The number of anilines is 2. The second kappa shape index (κ2) is 13.0. The van der Waals surface area contributed by atoms with Crippen molar-refractivity contribution in [3.05, 3.63) is 99.0 Å². The Morgan fingerprint density at radius 3 is 2.42 bits per heavy atom. The lowest BCUT2D eigenvalue weighted by atomic mass is 9.51. The summed E-state index contributed by atoms with van der Waals surface area (Å²) in [7, 11) is 1.61. The van der Waals surface area contributed by atoms with E-state index in [4.69, 9.17) is 16.7 Å². The summed E-state index contributed by atoms with van der Waals surface area (Å²) < 4.78 is 48.0. The molecule has 4 aliphatic rings. The third-order valence-corrected chi connectivity index (χ3v) is 14.2. The average molecular weight is 880 g/mol. The number of hydrogen-bond donors (Lipinski definition) is 1. The zero-order valence-corrected chi connectivity index (χ0v) is 33.5. The lowest BCUT2D eigenvalue weighted by molar-refractivity contribution is -0.274. The number of fused-ring (bicyclic) bond motifs is 5. The van der Waals surface area contributed by atoms with Gasteiger partial charge in [-0.25, -0.2) is 4.90 Å². The number of rotatable bonds is 5. The molecule has 2 saturated heterocycles. The average Bonchev–Trinajstić information content (AvgIpc) is 3.82. The van der Waals surface area contributed by atoms with E-state index >= 15 is 4.79 Å². The number of benzene rings is 3. The zero-order chi connectivity index (χ0) is 40.5. The smallest absolute Gasteiger partial charge is 0.508 e. The van der Waals surface area contributed by atoms with E-state index in [1.165, 1.54) is 16.0 Å². The Balaban J connectivity index is 1.17. The van der Waals surface area contributed by atoms with Crippen LogP contribution in [0, 0.1) is 36.0 Å². The molecule has 5 aromatic rings. The number of aromatic nitrogens is 2. The van der Waals surface area contributed by atoms with Gasteiger partial charge >= 0.3 is 6.36 Å². The van der Waals surface area contributed by atoms with Crippen molar-refractivity contribution in [3.63, 3.8) is 0 Å². The highest BCUT2D eigenvalue weighted by atomic mass is 79.9. The van der Waals surface area contributed by atoms with Crippen LogP contribution in [0.15, 0.2) is 82.9 Å². The van der Waals surface area contributed by atoms with Crippen LogP contribution < -0.4 is 14.5 Å². The minimum Gasteiger partial charge on any atom is -0.508 e. The van der Waals surface area contributed by atoms with Gasteiger partial charge in [0.2, 0.25) is 23.6 Å². The van der Waals surface area contributed by atoms with Crippen LogP contribution in [0.1, 0.15) is 36.8 Å². The molecule has 2 aliphatic heterocycles. The Morgan fingerprint density at radius 1 is 0.965 bits per heavy atom. The molecular formula is C41H31BrClF3N4O6S. The van der Waals surface area contributed by atoms with Crippen molar-refractivity contribution >= 4 is 84.1 Å². The van der Waals surface area contributed by atoms with Gasteiger partial charge < -0.3 is 9.84 Å². The summed E-state index contributed by atoms with van der Waals surface area (Å²) in [5.41, 5.74) is 0.549. The number of aryl methyl sites for hydroxylation is 2. The number of allylic oxidation sites excluding steroid dienone is 2. The Morgan fingerprint density at radius 2 is 1.70 bits per heavy atom. The Kier molecular flexibility index (Phi) is 8.58. The van der Waals surface area contributed by atoms with Crippen LogP contribution in [0.4, 0.5) is 24.7 Å². The number of phenolic OH excluding ortho intramolecular Hbond substituents is 1. The maximum atomic E-state index is 15.1. The minimum atomic E-state index is -5.06. The molecule has 57 heavy (non-hydrogen) atoms. The number of amides is 4. The third kappa shape index (κ3) is 5.67. The first kappa shape index (κ1) is 37.6. The molecule has 1 saturated carbocycles. The summed E-state index contributed by atoms with van der Waals surface area (Å²) in [6, 6.07) is 17.0. The number of thiophene rings is 1. The normalized spacial score (nSPS) is 25.9. The van der Waals surface area contributed by atoms with Crippen molar-refractivity contribution in [3.8, 4) is 22.1 Å². The lowest BCUT2D eigenvalue weighted by Gasteiger charge is -2.49. The zero-order valence-electron chi connectivity index (χ0n) is 30.3. The molecule has 0 radical (unpaired) electrons. The molecule has 6 unspecified atom stereocenters. The van der Waals surface area contributed by atoms with Gasteiger partial charge in [-0.3, -0.25) is 28.8 Å². The highest BCUT2D eigenvalue weighted by Gasteiger charge is 2.68. The van der Waals surface area contributed by atoms with Gasteiger partial charge in [-0.1, -0.05) is 39.2 Å². The number of halogens is 5. The monoisotopic (exact) mass is 878 g/mol. The fourth-order valence-corrected chi connectivity index (χ4v) is 11.2. The van der Waals surface area contributed by atoms with E-state index < -0.39 is 76.5 Å². The quantitative estimate of drug-likeness (QED) is 0.138. The topological polar surface area (TPSA) is 122 Å². The van der Waals surface area contributed by atoms with Gasteiger partial charge in [-0.2, -0.15) is 5.10 Å². The van der Waals surface area contributed by atoms with Gasteiger partial charge in [-0.15, -0.1) is 24.5 Å². The van der Waals surface area contributed by atoms with E-state index in [1.54, 1.807) is 56.4 Å². The van der Waals surface area contributed by atoms with Crippen molar-refractivity contribution < 1.29 is 42.2 Å². The Bertz CT molecular complexity index is 2620. The lowest BCUT2D eigenvalue weighted by Crippen LogP contribution is -2.49. The van der Waals surface area contributed by atoms with Crippen LogP contribution in [-0.4, -0.2) is 44.9 Å². The standard InChI is InChI=1S/C41H31BrClF3N4O6S/c1-18-25-14-20(43)6-13-31(25)57-35(18)29-17-32(48(3)47-29)50-37(53)28-16-26-23(10-11-24-33(26)38(54)49(36(24)52)21-7-4-19(42)5-8-21)34(40(28,2)39(50)55)27-15-22(9-12-30(27)51)56-41(44,45)46/h4-10,12-15,17,24,26,28,33-34,51H,11,16H2,1-3H3. The van der Waals surface area contributed by atoms with E-state index in [-0.39, 0.29) is 24.2 Å². The molecule has 0 spiro atoms. The molecule has 3 aromatic carbocycles. The number of alkyl halides is 3. The van der Waals surface area contributed by atoms with Gasteiger partial charge in [0.1, 0.15) is 23.0 Å². The summed E-state index contributed by atoms with van der Waals surface area (Å²) in [5.74, 6) is -7.81. The summed E-state index contributed by atoms with van der Waals surface area (Å²) in [6.45, 7) is 3.51. The second-order valence-electron chi connectivity index (χ2n) is 15.1. The van der Waals surface area contributed by atoms with E-state index in [2.05, 4.69) is 20.7 Å². The number of carbonyl (C=O) groups excluding carboxylic acids is 4. The predicted molar refractivity (Wildman–Crippen MR) is 210 cm³/mol. The number of aromatic hydroxyl groups is 1. The first-order valence-electron chi connectivity index (χ1n) is 18.0. The van der Waals surface area contributed by atoms with Crippen LogP contribution >= 0.6 is 38.9 Å². The van der Waals surface area contributed by atoms with Crippen molar-refractivity contribution in [1.29, 1.82) is 0 Å². The molecule has 10 nitrogen and oxygen atoms in total. The molecular weight excluding hydrogens is 849 g/mol. The second-order valence-corrected chi connectivity index (χ2v) is 17.5. The maximum absolute atomic E-state index is 15.1. The molecule has 4 amide bonds. The number of hydrogen-bond acceptors (Lipinski definition) is 8. The van der Waals surface area contributed by atoms with Gasteiger partial charge in [0.05, 0.1) is 33.7 Å². The first-order chi connectivity index (χ1) is 27.0. The van der Waals surface area contributed by atoms with Crippen molar-refractivity contribution in [2.75, 3.05) is 9.80 Å². The molecule has 6 atom stereocenters. The molecule has 0 bridgehead atoms. The number of carbonyl (C=O) groups is 4. The van der Waals surface area contributed by atoms with E-state index in [0.717, 1.165) is 53.0 Å². The van der Waals surface area contributed by atoms with Crippen LogP contribution in [-0.2, 0) is 26.2 Å². The molecule has 2 aliphatic carbocycles. The highest BCUT2D eigenvalue weighted by Crippen LogP contribution is 2.65. The largest absolute Gasteiger partial charge is 0.573 e. The van der Waals surface area contributed by atoms with E-state index in [1.807, 2.05) is 19.1 Å². The fraction of sp³-hybridized carbons (Fsp3) is 0.293. The molecule has 4 heterocycles. The molecule has 1 N–H and O–H groups in total. The minimum absolute atomic E-state index is 0.00529. The number of imide groups is 2. The van der Waals surface area contributed by atoms with Crippen molar-refractivity contribution in [2.45, 2.75) is 39.0 Å². The number of nitrogens with zero attached hydrogens (tertiary/aromatic N) is 4. The fourth-order valence-electron chi connectivity index (χ4n) is 9.60. The van der Waals surface area contributed by atoms with Crippen LogP contribution in [0.25, 0.3) is 20.7 Å². The van der Waals surface area contributed by atoms with Crippen LogP contribution in [0.3, 0.4) is 0 Å². The van der Waals surface area contributed by atoms with Crippen molar-refractivity contribution in [1.82, 2.24) is 9.78 Å². The highest BCUT2D eigenvalue weighted by molar-refractivity contribution is 9.10. The number of ether oxygens (including phenoxy) is 1. The van der Waals surface area contributed by atoms with E-state index in [9.17, 15) is 32.7 Å². The summed E-state index contributed by atoms with van der Waals surface area (Å²) in [6.07, 6.45) is -3.22. The Labute approximate surface area is 340 Å². The van der Waals surface area contributed by atoms with Crippen molar-refractivity contribution in [2.24, 2.45) is 36.1 Å². The summed E-state index contributed by atoms with van der Waals surface area (Å²) in [4.78, 5) is 61.3. The Hall–Kier alpha value is -4.99. The molecule has 9 rings (SSSR count). The van der Waals surface area contributed by atoms with Gasteiger partial charge in [0.25, 0.3) is 0 Å². The van der Waals surface area contributed by atoms with Gasteiger partial charge in [0, 0.05) is 38.8 Å². The van der Waals surface area contributed by atoms with Gasteiger partial charge in [-0.05, 0) is 104 Å². The predicted octanol–water partition coefficient (Wildman–Crippen LogP) is 9.07. The molecule has 2 aromatic heterocycles. The summed E-state index contributed by atoms with van der Waals surface area (Å²) in [5, 5.41) is 17.6. The molecule has 16 heteroatoms.